The number of halogens is 6. The molecule has 1 atom stereocenters. The molecule has 1 N–H and O–H groups in total. The van der Waals surface area contributed by atoms with Crippen molar-refractivity contribution in [3.8, 4) is 0 Å². The van der Waals surface area contributed by atoms with E-state index in [1.807, 2.05) is 0 Å². The lowest BCUT2D eigenvalue weighted by atomic mass is 10.2. The normalized spacial score (nSPS) is 17.4. The maximum atomic E-state index is 11.7. The Kier molecular flexibility index (Phi) is 3.37. The molecule has 0 saturated heterocycles. The van der Waals surface area contributed by atoms with Gasteiger partial charge in [-0.3, -0.25) is 0 Å². The first kappa shape index (κ1) is 12.3. The van der Waals surface area contributed by atoms with Crippen LogP contribution in [-0.2, 0) is 0 Å². The predicted octanol–water partition coefficient (Wildman–Crippen LogP) is 2.42. The van der Waals surface area contributed by atoms with E-state index in [0.29, 0.717) is 6.92 Å². The van der Waals surface area contributed by atoms with Crippen LogP contribution in [0.3, 0.4) is 0 Å². The lowest BCUT2D eigenvalue weighted by Gasteiger charge is -2.13. The van der Waals surface area contributed by atoms with Crippen LogP contribution in [0.1, 0.15) is 6.92 Å². The molecule has 0 aliphatic rings. The molecule has 0 radical (unpaired) electrons. The van der Waals surface area contributed by atoms with Crippen LogP contribution >= 0.6 is 0 Å². The van der Waals surface area contributed by atoms with Crippen LogP contribution in [0.4, 0.5) is 26.3 Å². The summed E-state index contributed by atoms with van der Waals surface area (Å²) in [6.45, 7) is 0.453. The van der Waals surface area contributed by atoms with Crippen LogP contribution in [-0.4, -0.2) is 23.6 Å². The Hall–Kier alpha value is -0.720. The van der Waals surface area contributed by atoms with E-state index in [2.05, 4.69) is 0 Å². The molecule has 0 aliphatic carbocycles. The second-order valence-electron chi connectivity index (χ2n) is 2.33. The van der Waals surface area contributed by atoms with Gasteiger partial charge in [-0.1, -0.05) is 0 Å². The lowest BCUT2D eigenvalue weighted by molar-refractivity contribution is -0.188. The summed E-state index contributed by atoms with van der Waals surface area (Å²) in [6, 6.07) is 0. The Morgan fingerprint density at radius 2 is 1.54 bits per heavy atom. The summed E-state index contributed by atoms with van der Waals surface area (Å²) in [6.07, 6.45) is -13.3. The largest absolute Gasteiger partial charge is 0.417 e. The third-order valence-electron chi connectivity index (χ3n) is 1.19. The number of alkyl halides is 6. The standard InChI is InChI=1S/C6H6F6O/c1-3(5(7,8)9)2-4(13)6(10,11)12/h2,4,13H,1H3/b3-2+. The fourth-order valence-corrected chi connectivity index (χ4v) is 0.426. The van der Waals surface area contributed by atoms with Crippen molar-refractivity contribution in [3.63, 3.8) is 0 Å². The van der Waals surface area contributed by atoms with E-state index >= 15 is 0 Å². The highest BCUT2D eigenvalue weighted by Gasteiger charge is 2.39. The van der Waals surface area contributed by atoms with E-state index in [1.54, 1.807) is 0 Å². The van der Waals surface area contributed by atoms with Crippen molar-refractivity contribution in [2.45, 2.75) is 25.4 Å². The van der Waals surface area contributed by atoms with Gasteiger partial charge in [0.05, 0.1) is 0 Å². The zero-order valence-electron chi connectivity index (χ0n) is 6.37. The minimum absolute atomic E-state index is 0.278. The molecule has 0 heterocycles. The van der Waals surface area contributed by atoms with Crippen molar-refractivity contribution in [2.75, 3.05) is 0 Å². The van der Waals surface area contributed by atoms with E-state index in [4.69, 9.17) is 5.11 Å². The van der Waals surface area contributed by atoms with Crippen LogP contribution in [0.2, 0.25) is 0 Å². The number of hydrogen-bond donors (Lipinski definition) is 1. The van der Waals surface area contributed by atoms with Gasteiger partial charge in [-0.15, -0.1) is 0 Å². The number of hydrogen-bond acceptors (Lipinski definition) is 1. The fourth-order valence-electron chi connectivity index (χ4n) is 0.426. The van der Waals surface area contributed by atoms with E-state index in [1.165, 1.54) is 0 Å². The SMILES string of the molecule is C/C(=C\C(O)C(F)(F)F)C(F)(F)F. The van der Waals surface area contributed by atoms with Gasteiger partial charge in [0.15, 0.2) is 6.10 Å². The summed E-state index contributed by atoms with van der Waals surface area (Å²) in [4.78, 5) is 0. The number of rotatable bonds is 1. The molecule has 0 saturated carbocycles. The fraction of sp³-hybridized carbons (Fsp3) is 0.667. The highest BCUT2D eigenvalue weighted by atomic mass is 19.4. The molecular weight excluding hydrogens is 202 g/mol. The molecule has 0 bridgehead atoms. The van der Waals surface area contributed by atoms with Crippen molar-refractivity contribution in [2.24, 2.45) is 0 Å². The van der Waals surface area contributed by atoms with Gasteiger partial charge in [0, 0.05) is 5.57 Å². The Morgan fingerprint density at radius 3 is 1.77 bits per heavy atom. The number of allylic oxidation sites excluding steroid dienone is 1. The molecule has 0 amide bonds. The van der Waals surface area contributed by atoms with Gasteiger partial charge in [-0.25, -0.2) is 0 Å². The van der Waals surface area contributed by atoms with Crippen molar-refractivity contribution in [3.05, 3.63) is 11.6 Å². The first-order chi connectivity index (χ1) is 5.55. The van der Waals surface area contributed by atoms with E-state index in [9.17, 15) is 26.3 Å². The van der Waals surface area contributed by atoms with Crippen LogP contribution < -0.4 is 0 Å². The van der Waals surface area contributed by atoms with Gasteiger partial charge in [0.25, 0.3) is 0 Å². The zero-order valence-corrected chi connectivity index (χ0v) is 6.37. The second kappa shape index (κ2) is 3.57. The van der Waals surface area contributed by atoms with E-state index < -0.39 is 24.0 Å². The highest BCUT2D eigenvalue weighted by molar-refractivity contribution is 5.09. The van der Waals surface area contributed by atoms with Crippen LogP contribution in [0.25, 0.3) is 0 Å². The molecular formula is C6H6F6O. The molecule has 0 aromatic rings. The smallest absolute Gasteiger partial charge is 0.380 e. The maximum absolute atomic E-state index is 11.7. The van der Waals surface area contributed by atoms with Crippen LogP contribution in [0.15, 0.2) is 11.6 Å². The third kappa shape index (κ3) is 4.16. The molecule has 0 fully saturated rings. The Morgan fingerprint density at radius 1 is 1.15 bits per heavy atom. The second-order valence-corrected chi connectivity index (χ2v) is 2.33. The highest BCUT2D eigenvalue weighted by Crippen LogP contribution is 2.28. The van der Waals surface area contributed by atoms with E-state index in [0.717, 1.165) is 0 Å². The third-order valence-corrected chi connectivity index (χ3v) is 1.19. The monoisotopic (exact) mass is 208 g/mol. The molecule has 0 aromatic heterocycles. The van der Waals surface area contributed by atoms with Crippen LogP contribution in [0.5, 0.6) is 0 Å². The van der Waals surface area contributed by atoms with Crippen molar-refractivity contribution >= 4 is 0 Å². The predicted molar refractivity (Wildman–Crippen MR) is 31.9 cm³/mol. The summed E-state index contributed by atoms with van der Waals surface area (Å²) in [5.74, 6) is 0. The average molecular weight is 208 g/mol. The van der Waals surface area contributed by atoms with Crippen LogP contribution in [0, 0.1) is 0 Å². The minimum Gasteiger partial charge on any atom is -0.380 e. The van der Waals surface area contributed by atoms with E-state index in [-0.39, 0.29) is 6.08 Å². The van der Waals surface area contributed by atoms with Crippen molar-refractivity contribution < 1.29 is 31.4 Å². The summed E-state index contributed by atoms with van der Waals surface area (Å²) >= 11 is 0. The Bertz CT molecular complexity index is 200. The van der Waals surface area contributed by atoms with Crippen molar-refractivity contribution in [1.29, 1.82) is 0 Å². The Balaban J connectivity index is 4.59. The number of aliphatic hydroxyl groups is 1. The van der Waals surface area contributed by atoms with Crippen molar-refractivity contribution in [1.82, 2.24) is 0 Å². The van der Waals surface area contributed by atoms with Gasteiger partial charge in [-0.05, 0) is 13.0 Å². The van der Waals surface area contributed by atoms with Gasteiger partial charge in [-0.2, -0.15) is 26.3 Å². The summed E-state index contributed by atoms with van der Waals surface area (Å²) in [7, 11) is 0. The Labute approximate surface area is 69.7 Å². The molecule has 0 spiro atoms. The topological polar surface area (TPSA) is 20.2 Å². The molecule has 7 heteroatoms. The summed E-state index contributed by atoms with van der Waals surface area (Å²) in [5, 5.41) is 8.22. The van der Waals surface area contributed by atoms with Gasteiger partial charge < -0.3 is 5.11 Å². The first-order valence-electron chi connectivity index (χ1n) is 3.05. The average Bonchev–Trinajstić information content (AvgIpc) is 1.82. The minimum atomic E-state index is -5.06. The summed E-state index contributed by atoms with van der Waals surface area (Å²) < 4.78 is 69.6. The quantitative estimate of drug-likeness (QED) is 0.518. The number of aliphatic hydroxyl groups excluding tert-OH is 1. The van der Waals surface area contributed by atoms with Gasteiger partial charge in [0.2, 0.25) is 0 Å². The molecule has 1 nitrogen and oxygen atoms in total. The first-order valence-corrected chi connectivity index (χ1v) is 3.05. The maximum Gasteiger partial charge on any atom is 0.417 e. The molecule has 0 rings (SSSR count). The molecule has 1 unspecified atom stereocenters. The lowest BCUT2D eigenvalue weighted by Crippen LogP contribution is -2.27. The molecule has 0 aromatic carbocycles. The summed E-state index contributed by atoms with van der Waals surface area (Å²) in [5.41, 5.74) is -1.47. The molecule has 13 heavy (non-hydrogen) atoms. The zero-order chi connectivity index (χ0) is 10.9. The molecule has 0 aliphatic heterocycles. The van der Waals surface area contributed by atoms with Gasteiger partial charge in [0.1, 0.15) is 0 Å². The van der Waals surface area contributed by atoms with Gasteiger partial charge >= 0.3 is 12.4 Å². The molecule has 78 valence electrons.